The molecule has 6 nitrogen and oxygen atoms in total. The number of hydrogen-bond acceptors (Lipinski definition) is 5. The van der Waals surface area contributed by atoms with Gasteiger partial charge in [0.05, 0.1) is 7.11 Å². The average Bonchev–Trinajstić information content (AvgIpc) is 2.83. The quantitative estimate of drug-likeness (QED) is 0.658. The first-order valence-corrected chi connectivity index (χ1v) is 10.7. The highest BCUT2D eigenvalue weighted by molar-refractivity contribution is 5.79. The fraction of sp³-hybridized carbons (Fsp3) is 0.320. The lowest BCUT2D eigenvalue weighted by molar-refractivity contribution is -0.125. The van der Waals surface area contributed by atoms with Crippen molar-refractivity contribution in [1.82, 2.24) is 15.3 Å². The van der Waals surface area contributed by atoms with E-state index in [-0.39, 0.29) is 11.8 Å². The number of anilines is 1. The second-order valence-corrected chi connectivity index (χ2v) is 7.94. The van der Waals surface area contributed by atoms with Crippen LogP contribution in [0.4, 0.5) is 5.82 Å². The minimum atomic E-state index is 0.0348. The van der Waals surface area contributed by atoms with Crippen molar-refractivity contribution < 1.29 is 9.53 Å². The number of amides is 1. The number of aryl methyl sites for hydroxylation is 1. The van der Waals surface area contributed by atoms with Crippen LogP contribution in [0.3, 0.4) is 0 Å². The van der Waals surface area contributed by atoms with Crippen LogP contribution in [0.1, 0.15) is 24.0 Å². The van der Waals surface area contributed by atoms with Crippen LogP contribution in [0.2, 0.25) is 0 Å². The van der Waals surface area contributed by atoms with E-state index in [9.17, 15) is 4.79 Å². The van der Waals surface area contributed by atoms with E-state index in [4.69, 9.17) is 9.72 Å². The van der Waals surface area contributed by atoms with Gasteiger partial charge in [0.1, 0.15) is 11.6 Å². The summed E-state index contributed by atoms with van der Waals surface area (Å²) < 4.78 is 5.17. The van der Waals surface area contributed by atoms with E-state index in [0.29, 0.717) is 6.54 Å². The molecule has 0 atom stereocenters. The smallest absolute Gasteiger partial charge is 0.223 e. The molecule has 0 unspecified atom stereocenters. The van der Waals surface area contributed by atoms with Gasteiger partial charge in [-0.15, -0.1) is 0 Å². The Labute approximate surface area is 183 Å². The van der Waals surface area contributed by atoms with Crippen molar-refractivity contribution in [2.45, 2.75) is 26.3 Å². The third-order valence-electron chi connectivity index (χ3n) is 5.73. The van der Waals surface area contributed by atoms with Crippen molar-refractivity contribution in [3.05, 3.63) is 71.9 Å². The van der Waals surface area contributed by atoms with E-state index in [0.717, 1.165) is 54.4 Å². The van der Waals surface area contributed by atoms with Gasteiger partial charge < -0.3 is 15.0 Å². The minimum absolute atomic E-state index is 0.0348. The average molecular weight is 417 g/mol. The van der Waals surface area contributed by atoms with Crippen molar-refractivity contribution in [1.29, 1.82) is 0 Å². The highest BCUT2D eigenvalue weighted by Gasteiger charge is 2.25. The molecule has 0 saturated carbocycles. The number of carbonyl (C=O) groups is 1. The number of nitrogens with zero attached hydrogens (tertiary/aromatic N) is 3. The van der Waals surface area contributed by atoms with Crippen LogP contribution >= 0.6 is 0 Å². The van der Waals surface area contributed by atoms with Crippen molar-refractivity contribution in [2.75, 3.05) is 25.1 Å². The molecule has 0 spiro atoms. The second kappa shape index (κ2) is 9.60. The van der Waals surface area contributed by atoms with Crippen LogP contribution in [-0.2, 0) is 11.3 Å². The monoisotopic (exact) mass is 416 g/mol. The Hall–Kier alpha value is -3.41. The second-order valence-electron chi connectivity index (χ2n) is 7.94. The van der Waals surface area contributed by atoms with Gasteiger partial charge in [-0.2, -0.15) is 0 Å². The summed E-state index contributed by atoms with van der Waals surface area (Å²) in [5.41, 5.74) is 3.28. The Kier molecular flexibility index (Phi) is 6.46. The molecular formula is C25H28N4O2. The van der Waals surface area contributed by atoms with E-state index in [1.165, 1.54) is 5.56 Å². The number of nitrogens with one attached hydrogen (secondary N) is 1. The van der Waals surface area contributed by atoms with Crippen LogP contribution in [0, 0.1) is 12.8 Å². The molecule has 0 bridgehead atoms. The molecule has 0 aliphatic carbocycles. The molecule has 1 amide bonds. The molecule has 1 aliphatic heterocycles. The Morgan fingerprint density at radius 2 is 1.90 bits per heavy atom. The lowest BCUT2D eigenvalue weighted by Crippen LogP contribution is -2.40. The van der Waals surface area contributed by atoms with E-state index in [1.54, 1.807) is 7.11 Å². The Balaban J connectivity index is 1.32. The molecule has 6 heteroatoms. The molecule has 2 heterocycles. The van der Waals surface area contributed by atoms with Crippen molar-refractivity contribution in [3.8, 4) is 17.1 Å². The largest absolute Gasteiger partial charge is 0.497 e. The summed E-state index contributed by atoms with van der Waals surface area (Å²) in [6.07, 6.45) is 3.45. The van der Waals surface area contributed by atoms with Gasteiger partial charge >= 0.3 is 0 Å². The summed E-state index contributed by atoms with van der Waals surface area (Å²) in [7, 11) is 1.65. The molecule has 1 saturated heterocycles. The molecule has 3 aromatic rings. The zero-order chi connectivity index (χ0) is 21.6. The minimum Gasteiger partial charge on any atom is -0.497 e. The number of rotatable bonds is 6. The first-order valence-electron chi connectivity index (χ1n) is 10.7. The third-order valence-corrected chi connectivity index (χ3v) is 5.73. The zero-order valence-corrected chi connectivity index (χ0v) is 18.0. The maximum absolute atomic E-state index is 12.6. The fourth-order valence-electron chi connectivity index (χ4n) is 3.90. The summed E-state index contributed by atoms with van der Waals surface area (Å²) in [5, 5.41) is 3.07. The standard InChI is InChI=1S/C25H28N4O2/c1-18-4-3-5-21(16-18)24-26-13-10-23(28-24)29-14-11-20(12-15-29)25(30)27-17-19-6-8-22(31-2)9-7-19/h3-10,13,16,20H,11-12,14-15,17H2,1-2H3,(H,27,30). The van der Waals surface area contributed by atoms with Gasteiger partial charge in [-0.1, -0.05) is 35.9 Å². The number of carbonyl (C=O) groups excluding carboxylic acids is 1. The maximum Gasteiger partial charge on any atom is 0.223 e. The molecule has 1 N–H and O–H groups in total. The number of benzene rings is 2. The highest BCUT2D eigenvalue weighted by atomic mass is 16.5. The van der Waals surface area contributed by atoms with E-state index in [2.05, 4.69) is 34.3 Å². The van der Waals surface area contributed by atoms with Gasteiger partial charge in [0.25, 0.3) is 0 Å². The van der Waals surface area contributed by atoms with Crippen LogP contribution in [-0.4, -0.2) is 36.1 Å². The zero-order valence-electron chi connectivity index (χ0n) is 18.0. The summed E-state index contributed by atoms with van der Waals surface area (Å²) in [4.78, 5) is 24.1. The molecule has 31 heavy (non-hydrogen) atoms. The maximum atomic E-state index is 12.6. The van der Waals surface area contributed by atoms with Gasteiger partial charge in [0.15, 0.2) is 5.82 Å². The molecular weight excluding hydrogens is 388 g/mol. The Morgan fingerprint density at radius 3 is 2.61 bits per heavy atom. The van der Waals surface area contributed by atoms with Gasteiger partial charge in [-0.3, -0.25) is 4.79 Å². The molecule has 2 aromatic carbocycles. The summed E-state index contributed by atoms with van der Waals surface area (Å²) in [5.74, 6) is 2.63. The summed E-state index contributed by atoms with van der Waals surface area (Å²) in [6.45, 7) is 4.22. The third kappa shape index (κ3) is 5.20. The van der Waals surface area contributed by atoms with E-state index < -0.39 is 0 Å². The van der Waals surface area contributed by atoms with E-state index in [1.807, 2.05) is 48.7 Å². The molecule has 4 rings (SSSR count). The van der Waals surface area contributed by atoms with E-state index >= 15 is 0 Å². The highest BCUT2D eigenvalue weighted by Crippen LogP contribution is 2.24. The van der Waals surface area contributed by atoms with Crippen molar-refractivity contribution in [3.63, 3.8) is 0 Å². The van der Waals surface area contributed by atoms with Gasteiger partial charge in [0, 0.05) is 37.3 Å². The number of methoxy groups -OCH3 is 1. The van der Waals surface area contributed by atoms with Crippen LogP contribution in [0.5, 0.6) is 5.75 Å². The normalized spacial score (nSPS) is 14.3. The predicted octanol–water partition coefficient (Wildman–Crippen LogP) is 3.99. The fourth-order valence-corrected chi connectivity index (χ4v) is 3.90. The molecule has 0 radical (unpaired) electrons. The van der Waals surface area contributed by atoms with Crippen molar-refractivity contribution in [2.24, 2.45) is 5.92 Å². The number of aromatic nitrogens is 2. The molecule has 160 valence electrons. The van der Waals surface area contributed by atoms with Gasteiger partial charge in [0.2, 0.25) is 5.91 Å². The van der Waals surface area contributed by atoms with Crippen LogP contribution in [0.25, 0.3) is 11.4 Å². The Morgan fingerprint density at radius 1 is 1.13 bits per heavy atom. The topological polar surface area (TPSA) is 67.3 Å². The molecule has 1 aromatic heterocycles. The van der Waals surface area contributed by atoms with Gasteiger partial charge in [-0.05, 0) is 49.6 Å². The number of hydrogen-bond donors (Lipinski definition) is 1. The number of piperidine rings is 1. The van der Waals surface area contributed by atoms with Gasteiger partial charge in [-0.25, -0.2) is 9.97 Å². The van der Waals surface area contributed by atoms with Crippen molar-refractivity contribution >= 4 is 11.7 Å². The molecule has 1 aliphatic rings. The first-order chi connectivity index (χ1) is 15.1. The Bertz CT molecular complexity index is 1030. The molecule has 1 fully saturated rings. The number of ether oxygens (including phenoxy) is 1. The van der Waals surface area contributed by atoms with Crippen LogP contribution < -0.4 is 15.0 Å². The predicted molar refractivity (Wildman–Crippen MR) is 122 cm³/mol. The lowest BCUT2D eigenvalue weighted by atomic mass is 9.96. The lowest BCUT2D eigenvalue weighted by Gasteiger charge is -2.32. The van der Waals surface area contributed by atoms with Crippen LogP contribution in [0.15, 0.2) is 60.8 Å². The first kappa shape index (κ1) is 20.8. The summed E-state index contributed by atoms with van der Waals surface area (Å²) >= 11 is 0. The summed E-state index contributed by atoms with van der Waals surface area (Å²) in [6, 6.07) is 17.9. The SMILES string of the molecule is COc1ccc(CNC(=O)C2CCN(c3ccnc(-c4cccc(C)c4)n3)CC2)cc1.